The van der Waals surface area contributed by atoms with Crippen LogP contribution in [0.5, 0.6) is 5.75 Å². The van der Waals surface area contributed by atoms with Crippen molar-refractivity contribution in [2.24, 2.45) is 11.7 Å². The van der Waals surface area contributed by atoms with Gasteiger partial charge in [0, 0.05) is 19.6 Å². The summed E-state index contributed by atoms with van der Waals surface area (Å²) in [5, 5.41) is 8.75. The van der Waals surface area contributed by atoms with Crippen LogP contribution in [-0.4, -0.2) is 48.8 Å². The Kier molecular flexibility index (Phi) is 4.17. The van der Waals surface area contributed by atoms with E-state index in [1.807, 2.05) is 0 Å². The van der Waals surface area contributed by atoms with E-state index in [2.05, 4.69) is 4.90 Å². The second-order valence-electron chi connectivity index (χ2n) is 4.54. The molecule has 0 atom stereocenters. The second kappa shape index (κ2) is 5.84. The Morgan fingerprint density at radius 3 is 2.61 bits per heavy atom. The number of benzene rings is 1. The molecule has 1 saturated heterocycles. The molecule has 0 radical (unpaired) electrons. The summed E-state index contributed by atoms with van der Waals surface area (Å²) in [7, 11) is 0. The molecule has 1 aromatic rings. The van der Waals surface area contributed by atoms with Gasteiger partial charge in [-0.2, -0.15) is 0 Å². The Morgan fingerprint density at radius 2 is 2.06 bits per heavy atom. The number of nitrogens with zero attached hydrogens (tertiary/aromatic N) is 1. The molecule has 0 saturated carbocycles. The zero-order valence-corrected chi connectivity index (χ0v) is 10.2. The molecule has 1 aliphatic rings. The van der Waals surface area contributed by atoms with Crippen molar-refractivity contribution in [3.63, 3.8) is 0 Å². The lowest BCUT2D eigenvalue weighted by atomic mass is 10.0. The number of rotatable bonds is 6. The maximum atomic E-state index is 10.7. The van der Waals surface area contributed by atoms with E-state index in [4.69, 9.17) is 15.6 Å². The topological polar surface area (TPSA) is 75.8 Å². The maximum absolute atomic E-state index is 10.7. The van der Waals surface area contributed by atoms with Crippen LogP contribution in [0.15, 0.2) is 24.3 Å². The van der Waals surface area contributed by atoms with Gasteiger partial charge >= 0.3 is 5.97 Å². The largest absolute Gasteiger partial charge is 0.492 e. The zero-order valence-electron chi connectivity index (χ0n) is 10.2. The smallest absolute Gasteiger partial charge is 0.335 e. The number of hydrogen-bond acceptors (Lipinski definition) is 4. The Balaban J connectivity index is 1.69. The predicted molar refractivity (Wildman–Crippen MR) is 67.9 cm³/mol. The van der Waals surface area contributed by atoms with Crippen LogP contribution in [0.2, 0.25) is 0 Å². The van der Waals surface area contributed by atoms with Gasteiger partial charge in [0.1, 0.15) is 12.4 Å². The lowest BCUT2D eigenvalue weighted by Crippen LogP contribution is -2.50. The van der Waals surface area contributed by atoms with Crippen LogP contribution in [0, 0.1) is 5.92 Å². The molecular weight excluding hydrogens is 232 g/mol. The molecule has 18 heavy (non-hydrogen) atoms. The first kappa shape index (κ1) is 12.9. The highest BCUT2D eigenvalue weighted by Gasteiger charge is 2.24. The minimum Gasteiger partial charge on any atom is -0.492 e. The fourth-order valence-electron chi connectivity index (χ4n) is 1.99. The molecule has 3 N–H and O–H groups in total. The van der Waals surface area contributed by atoms with Crippen molar-refractivity contribution in [3.05, 3.63) is 29.8 Å². The Labute approximate surface area is 106 Å². The van der Waals surface area contributed by atoms with Gasteiger partial charge in [-0.05, 0) is 36.7 Å². The Hall–Kier alpha value is -1.59. The van der Waals surface area contributed by atoms with Gasteiger partial charge in [-0.15, -0.1) is 0 Å². The first-order valence-electron chi connectivity index (χ1n) is 6.07. The first-order chi connectivity index (χ1) is 8.69. The molecule has 0 spiro atoms. The molecule has 5 nitrogen and oxygen atoms in total. The number of likely N-dealkylation sites (tertiary alicyclic amines) is 1. The molecule has 0 amide bonds. The Morgan fingerprint density at radius 1 is 1.39 bits per heavy atom. The van der Waals surface area contributed by atoms with Gasteiger partial charge < -0.3 is 15.6 Å². The quantitative estimate of drug-likeness (QED) is 0.775. The maximum Gasteiger partial charge on any atom is 0.335 e. The van der Waals surface area contributed by atoms with E-state index in [1.165, 1.54) is 0 Å². The van der Waals surface area contributed by atoms with Crippen molar-refractivity contribution >= 4 is 5.97 Å². The molecule has 0 aromatic heterocycles. The van der Waals surface area contributed by atoms with Crippen LogP contribution in [0.3, 0.4) is 0 Å². The van der Waals surface area contributed by atoms with E-state index in [0.717, 1.165) is 26.2 Å². The zero-order chi connectivity index (χ0) is 13.0. The molecular formula is C13H18N2O3. The fourth-order valence-corrected chi connectivity index (χ4v) is 1.99. The van der Waals surface area contributed by atoms with Crippen molar-refractivity contribution in [3.8, 4) is 5.75 Å². The molecule has 1 aliphatic heterocycles. The highest BCUT2D eigenvalue weighted by atomic mass is 16.5. The molecule has 0 unspecified atom stereocenters. The molecule has 1 aromatic carbocycles. The van der Waals surface area contributed by atoms with Gasteiger partial charge in [0.15, 0.2) is 0 Å². The van der Waals surface area contributed by atoms with E-state index < -0.39 is 5.97 Å². The Bertz CT molecular complexity index is 399. The average molecular weight is 250 g/mol. The molecule has 0 aliphatic carbocycles. The minimum atomic E-state index is -0.921. The van der Waals surface area contributed by atoms with Crippen LogP contribution in [0.4, 0.5) is 0 Å². The van der Waals surface area contributed by atoms with Gasteiger partial charge in [-0.1, -0.05) is 0 Å². The average Bonchev–Trinajstić information content (AvgIpc) is 2.32. The van der Waals surface area contributed by atoms with Crippen molar-refractivity contribution in [2.45, 2.75) is 0 Å². The summed E-state index contributed by atoms with van der Waals surface area (Å²) < 4.78 is 5.55. The monoisotopic (exact) mass is 250 g/mol. The van der Waals surface area contributed by atoms with Gasteiger partial charge in [0.2, 0.25) is 0 Å². The summed E-state index contributed by atoms with van der Waals surface area (Å²) >= 11 is 0. The predicted octanol–water partition coefficient (Wildman–Crippen LogP) is 0.654. The van der Waals surface area contributed by atoms with Crippen LogP contribution in [-0.2, 0) is 0 Å². The van der Waals surface area contributed by atoms with Crippen molar-refractivity contribution in [2.75, 3.05) is 32.8 Å². The number of hydrogen-bond donors (Lipinski definition) is 2. The van der Waals surface area contributed by atoms with E-state index in [-0.39, 0.29) is 5.56 Å². The lowest BCUT2D eigenvalue weighted by molar-refractivity contribution is 0.0697. The standard InChI is InChI=1S/C13H18N2O3/c14-7-10-8-15(9-10)5-6-18-12-3-1-11(2-4-12)13(16)17/h1-4,10H,5-9,14H2,(H,16,17). The first-order valence-corrected chi connectivity index (χ1v) is 6.07. The van der Waals surface area contributed by atoms with Gasteiger partial charge in [0.05, 0.1) is 5.56 Å². The van der Waals surface area contributed by atoms with Gasteiger partial charge in [0.25, 0.3) is 0 Å². The van der Waals surface area contributed by atoms with E-state index in [9.17, 15) is 4.79 Å². The normalized spacial score (nSPS) is 16.3. The summed E-state index contributed by atoms with van der Waals surface area (Å²) in [6.45, 7) is 4.37. The van der Waals surface area contributed by atoms with E-state index in [0.29, 0.717) is 18.3 Å². The highest BCUT2D eigenvalue weighted by molar-refractivity contribution is 5.87. The van der Waals surface area contributed by atoms with Gasteiger partial charge in [-0.3, -0.25) is 4.90 Å². The SMILES string of the molecule is NCC1CN(CCOc2ccc(C(=O)O)cc2)C1. The van der Waals surface area contributed by atoms with Crippen LogP contribution in [0.25, 0.3) is 0 Å². The number of nitrogens with two attached hydrogens (primary N) is 1. The number of ether oxygens (including phenoxy) is 1. The molecule has 0 bridgehead atoms. The summed E-state index contributed by atoms with van der Waals surface area (Å²) in [6, 6.07) is 6.46. The molecule has 98 valence electrons. The minimum absolute atomic E-state index is 0.274. The van der Waals surface area contributed by atoms with Crippen LogP contribution < -0.4 is 10.5 Å². The molecule has 1 heterocycles. The van der Waals surface area contributed by atoms with Gasteiger partial charge in [-0.25, -0.2) is 4.79 Å². The number of carboxylic acid groups (broad SMARTS) is 1. The van der Waals surface area contributed by atoms with Crippen molar-refractivity contribution < 1.29 is 14.6 Å². The summed E-state index contributed by atoms with van der Waals surface area (Å²) in [5.74, 6) is 0.422. The number of aromatic carboxylic acids is 1. The van der Waals surface area contributed by atoms with E-state index >= 15 is 0 Å². The number of carboxylic acids is 1. The third-order valence-corrected chi connectivity index (χ3v) is 3.14. The highest BCUT2D eigenvalue weighted by Crippen LogP contribution is 2.15. The number of carbonyl (C=O) groups is 1. The third-order valence-electron chi connectivity index (χ3n) is 3.14. The molecule has 2 rings (SSSR count). The van der Waals surface area contributed by atoms with Crippen LogP contribution in [0.1, 0.15) is 10.4 Å². The lowest BCUT2D eigenvalue weighted by Gasteiger charge is -2.38. The fraction of sp³-hybridized carbons (Fsp3) is 0.462. The molecule has 1 fully saturated rings. The summed E-state index contributed by atoms with van der Waals surface area (Å²) in [6.07, 6.45) is 0. The van der Waals surface area contributed by atoms with Crippen molar-refractivity contribution in [1.82, 2.24) is 4.90 Å². The van der Waals surface area contributed by atoms with Crippen LogP contribution >= 0.6 is 0 Å². The summed E-state index contributed by atoms with van der Waals surface area (Å²) in [5.41, 5.74) is 5.82. The second-order valence-corrected chi connectivity index (χ2v) is 4.54. The van der Waals surface area contributed by atoms with E-state index in [1.54, 1.807) is 24.3 Å². The summed E-state index contributed by atoms with van der Waals surface area (Å²) in [4.78, 5) is 13.0. The third kappa shape index (κ3) is 3.21. The molecule has 5 heteroatoms. The van der Waals surface area contributed by atoms with Crippen molar-refractivity contribution in [1.29, 1.82) is 0 Å².